The maximum absolute atomic E-state index is 11.8. The van der Waals surface area contributed by atoms with Crippen molar-refractivity contribution in [2.75, 3.05) is 13.1 Å². The van der Waals surface area contributed by atoms with Gasteiger partial charge in [0.25, 0.3) is 0 Å². The van der Waals surface area contributed by atoms with E-state index >= 15 is 0 Å². The Morgan fingerprint density at radius 1 is 1.27 bits per heavy atom. The van der Waals surface area contributed by atoms with Crippen molar-refractivity contribution in [3.05, 3.63) is 0 Å². The fourth-order valence-electron chi connectivity index (χ4n) is 2.49. The summed E-state index contributed by atoms with van der Waals surface area (Å²) in [5.41, 5.74) is 5.12. The summed E-state index contributed by atoms with van der Waals surface area (Å²) in [5, 5.41) is 0. The van der Waals surface area contributed by atoms with Crippen LogP contribution in [0.15, 0.2) is 0 Å². The first-order valence-corrected chi connectivity index (χ1v) is 5.57. The summed E-state index contributed by atoms with van der Waals surface area (Å²) in [6.45, 7) is 1.09. The number of hydrogen-bond acceptors (Lipinski definition) is 2. The third-order valence-electron chi connectivity index (χ3n) is 3.32. The number of urea groups is 2. The fourth-order valence-corrected chi connectivity index (χ4v) is 2.49. The lowest BCUT2D eigenvalue weighted by molar-refractivity contribution is 0.164. The second kappa shape index (κ2) is 4.08. The van der Waals surface area contributed by atoms with Crippen LogP contribution in [-0.4, -0.2) is 41.0 Å². The van der Waals surface area contributed by atoms with Crippen LogP contribution < -0.4 is 5.73 Å². The smallest absolute Gasteiger partial charge is 0.328 e. The Morgan fingerprint density at radius 2 is 1.93 bits per heavy atom. The van der Waals surface area contributed by atoms with E-state index in [-0.39, 0.29) is 7.46 Å². The third-order valence-corrected chi connectivity index (χ3v) is 3.32. The summed E-state index contributed by atoms with van der Waals surface area (Å²) in [5.74, 6) is 0. The molecule has 15 heavy (non-hydrogen) atoms. The lowest BCUT2D eigenvalue weighted by Gasteiger charge is -2.30. The van der Waals surface area contributed by atoms with E-state index in [9.17, 15) is 9.59 Å². The Labute approximate surface area is 90.7 Å². The molecule has 5 heteroatoms. The standard InChI is InChI=1S/C10H17N3O2.H2/c11-9(14)13-7-6-12(10(13)15)8-4-2-1-3-5-8;/h8H,1-7H2,(H2,11,14);1H. The molecule has 2 N–H and O–H groups in total. The van der Waals surface area contributed by atoms with E-state index in [0.29, 0.717) is 19.1 Å². The molecule has 0 bridgehead atoms. The highest BCUT2D eigenvalue weighted by Crippen LogP contribution is 2.25. The van der Waals surface area contributed by atoms with Gasteiger partial charge < -0.3 is 10.6 Å². The van der Waals surface area contributed by atoms with Gasteiger partial charge in [-0.05, 0) is 12.8 Å². The van der Waals surface area contributed by atoms with Crippen molar-refractivity contribution < 1.29 is 11.0 Å². The van der Waals surface area contributed by atoms with Crippen molar-refractivity contribution in [1.82, 2.24) is 9.80 Å². The molecule has 1 heterocycles. The molecule has 5 nitrogen and oxygen atoms in total. The van der Waals surface area contributed by atoms with Gasteiger partial charge in [-0.25, -0.2) is 14.5 Å². The minimum Gasteiger partial charge on any atom is -0.351 e. The molecule has 86 valence electrons. The highest BCUT2D eigenvalue weighted by atomic mass is 16.2. The van der Waals surface area contributed by atoms with Crippen LogP contribution in [0.3, 0.4) is 0 Å². The number of amides is 4. The van der Waals surface area contributed by atoms with E-state index in [0.717, 1.165) is 17.7 Å². The molecule has 0 unspecified atom stereocenters. The normalized spacial score (nSPS) is 23.6. The summed E-state index contributed by atoms with van der Waals surface area (Å²) < 4.78 is 0. The lowest BCUT2D eigenvalue weighted by atomic mass is 9.94. The predicted molar refractivity (Wildman–Crippen MR) is 57.4 cm³/mol. The zero-order valence-corrected chi connectivity index (χ0v) is 8.82. The predicted octanol–water partition coefficient (Wildman–Crippen LogP) is 1.38. The summed E-state index contributed by atoms with van der Waals surface area (Å²) in [6.07, 6.45) is 5.77. The molecule has 0 aromatic rings. The Morgan fingerprint density at radius 3 is 2.47 bits per heavy atom. The molecule has 1 aliphatic heterocycles. The molecule has 0 aromatic carbocycles. The van der Waals surface area contributed by atoms with Gasteiger partial charge >= 0.3 is 12.1 Å². The van der Waals surface area contributed by atoms with Crippen LogP contribution in [0.5, 0.6) is 0 Å². The zero-order valence-electron chi connectivity index (χ0n) is 8.82. The fraction of sp³-hybridized carbons (Fsp3) is 0.800. The highest BCUT2D eigenvalue weighted by molar-refractivity contribution is 5.94. The van der Waals surface area contributed by atoms with Gasteiger partial charge in [-0.3, -0.25) is 0 Å². The van der Waals surface area contributed by atoms with Gasteiger partial charge in [0.05, 0.1) is 0 Å². The number of nitrogens with two attached hydrogens (primary N) is 1. The van der Waals surface area contributed by atoms with Crippen LogP contribution >= 0.6 is 0 Å². The molecule has 1 aliphatic carbocycles. The van der Waals surface area contributed by atoms with Crippen LogP contribution in [0.25, 0.3) is 0 Å². The second-order valence-electron chi connectivity index (χ2n) is 4.26. The number of carbonyl (C=O) groups excluding carboxylic acids is 2. The van der Waals surface area contributed by atoms with E-state index in [1.807, 2.05) is 4.90 Å². The van der Waals surface area contributed by atoms with Crippen molar-refractivity contribution >= 4 is 12.1 Å². The van der Waals surface area contributed by atoms with E-state index in [1.165, 1.54) is 19.3 Å². The molecule has 2 aliphatic rings. The minimum atomic E-state index is -0.627. The molecule has 0 atom stereocenters. The van der Waals surface area contributed by atoms with Crippen LogP contribution in [0.1, 0.15) is 33.5 Å². The number of hydrogen-bond donors (Lipinski definition) is 1. The molecule has 4 amide bonds. The number of primary amides is 1. The number of nitrogens with zero attached hydrogens (tertiary/aromatic N) is 2. The SMILES string of the molecule is NC(=O)N1CCN(C2CCCCC2)C1=O.[HH]. The van der Waals surface area contributed by atoms with E-state index in [4.69, 9.17) is 5.73 Å². The summed E-state index contributed by atoms with van der Waals surface area (Å²) in [6, 6.07) is -0.497. The van der Waals surface area contributed by atoms with Gasteiger partial charge in [-0.15, -0.1) is 0 Å². The molecule has 0 radical (unpaired) electrons. The Kier molecular flexibility index (Phi) is 2.79. The third kappa shape index (κ3) is 1.91. The number of imide groups is 1. The van der Waals surface area contributed by atoms with Gasteiger partial charge in [0.2, 0.25) is 0 Å². The molecule has 1 saturated carbocycles. The zero-order chi connectivity index (χ0) is 10.8. The maximum Gasteiger partial charge on any atom is 0.328 e. The molecule has 0 spiro atoms. The average Bonchev–Trinajstić information content (AvgIpc) is 2.61. The lowest BCUT2D eigenvalue weighted by Crippen LogP contribution is -2.43. The molecule has 2 fully saturated rings. The first-order valence-electron chi connectivity index (χ1n) is 5.57. The second-order valence-corrected chi connectivity index (χ2v) is 4.26. The Balaban J connectivity index is 0.00000128. The van der Waals surface area contributed by atoms with Gasteiger partial charge in [0.15, 0.2) is 0 Å². The van der Waals surface area contributed by atoms with Crippen molar-refractivity contribution in [1.29, 1.82) is 0 Å². The summed E-state index contributed by atoms with van der Waals surface area (Å²) in [7, 11) is 0. The molecule has 2 rings (SSSR count). The first-order chi connectivity index (χ1) is 7.20. The van der Waals surface area contributed by atoms with Crippen LogP contribution in [0, 0.1) is 0 Å². The van der Waals surface area contributed by atoms with Crippen LogP contribution in [-0.2, 0) is 0 Å². The largest absolute Gasteiger partial charge is 0.351 e. The van der Waals surface area contributed by atoms with Gasteiger partial charge in [0, 0.05) is 20.6 Å². The molecular weight excluding hydrogens is 194 g/mol. The molecule has 0 aromatic heterocycles. The maximum atomic E-state index is 11.8. The topological polar surface area (TPSA) is 66.6 Å². The monoisotopic (exact) mass is 213 g/mol. The first kappa shape index (κ1) is 10.3. The van der Waals surface area contributed by atoms with Crippen molar-refractivity contribution in [3.8, 4) is 0 Å². The molecular formula is C10H19N3O2. The van der Waals surface area contributed by atoms with Crippen LogP contribution in [0.2, 0.25) is 0 Å². The number of carbonyl (C=O) groups is 2. The van der Waals surface area contributed by atoms with Gasteiger partial charge in [-0.1, -0.05) is 19.3 Å². The summed E-state index contributed by atoms with van der Waals surface area (Å²) in [4.78, 5) is 25.7. The quantitative estimate of drug-likeness (QED) is 0.715. The van der Waals surface area contributed by atoms with Gasteiger partial charge in [-0.2, -0.15) is 0 Å². The minimum absolute atomic E-state index is 0. The summed E-state index contributed by atoms with van der Waals surface area (Å²) >= 11 is 0. The van der Waals surface area contributed by atoms with Crippen LogP contribution in [0.4, 0.5) is 9.59 Å². The van der Waals surface area contributed by atoms with Crippen molar-refractivity contribution in [3.63, 3.8) is 0 Å². The highest BCUT2D eigenvalue weighted by Gasteiger charge is 2.36. The Bertz CT molecular complexity index is 279. The van der Waals surface area contributed by atoms with Gasteiger partial charge in [0.1, 0.15) is 0 Å². The Hall–Kier alpha value is -1.26. The van der Waals surface area contributed by atoms with Crippen molar-refractivity contribution in [2.45, 2.75) is 38.1 Å². The number of rotatable bonds is 1. The van der Waals surface area contributed by atoms with E-state index in [1.54, 1.807) is 0 Å². The molecule has 1 saturated heterocycles. The van der Waals surface area contributed by atoms with Crippen molar-refractivity contribution in [2.24, 2.45) is 5.73 Å². The average molecular weight is 213 g/mol. The van der Waals surface area contributed by atoms with E-state index < -0.39 is 6.03 Å². The van der Waals surface area contributed by atoms with E-state index in [2.05, 4.69) is 0 Å².